The molecule has 0 amide bonds. The summed E-state index contributed by atoms with van der Waals surface area (Å²) < 4.78 is 10.5. The maximum Gasteiger partial charge on any atom is 0.305 e. The van der Waals surface area contributed by atoms with Gasteiger partial charge in [-0.2, -0.15) is 0 Å². The SMILES string of the molecule is CCCC(C)OCCCCCC(=O)OCC. The van der Waals surface area contributed by atoms with Crippen molar-refractivity contribution >= 4 is 5.97 Å². The summed E-state index contributed by atoms with van der Waals surface area (Å²) in [6.45, 7) is 7.41. The van der Waals surface area contributed by atoms with E-state index in [0.717, 1.165) is 32.3 Å². The first kappa shape index (κ1) is 15.4. The van der Waals surface area contributed by atoms with Gasteiger partial charge >= 0.3 is 5.97 Å². The summed E-state index contributed by atoms with van der Waals surface area (Å²) >= 11 is 0. The average Bonchev–Trinajstić information content (AvgIpc) is 2.24. The van der Waals surface area contributed by atoms with Crippen LogP contribution < -0.4 is 0 Å². The van der Waals surface area contributed by atoms with Gasteiger partial charge in [-0.15, -0.1) is 0 Å². The normalized spacial score (nSPS) is 12.4. The fourth-order valence-electron chi connectivity index (χ4n) is 1.56. The molecule has 0 aliphatic carbocycles. The van der Waals surface area contributed by atoms with E-state index in [0.29, 0.717) is 19.1 Å². The highest BCUT2D eigenvalue weighted by molar-refractivity contribution is 5.69. The first-order valence-electron chi connectivity index (χ1n) is 6.47. The Kier molecular flexibility index (Phi) is 10.5. The second-order valence-electron chi connectivity index (χ2n) is 4.09. The molecule has 0 spiro atoms. The largest absolute Gasteiger partial charge is 0.466 e. The lowest BCUT2D eigenvalue weighted by Gasteiger charge is -2.11. The number of unbranched alkanes of at least 4 members (excludes halogenated alkanes) is 2. The Bertz CT molecular complexity index is 169. The van der Waals surface area contributed by atoms with Crippen LogP contribution in [0.25, 0.3) is 0 Å². The van der Waals surface area contributed by atoms with Gasteiger partial charge in [-0.05, 0) is 33.1 Å². The Morgan fingerprint density at radius 1 is 1.19 bits per heavy atom. The average molecular weight is 230 g/mol. The van der Waals surface area contributed by atoms with E-state index in [-0.39, 0.29) is 5.97 Å². The number of esters is 1. The summed E-state index contributed by atoms with van der Waals surface area (Å²) in [6, 6.07) is 0. The third-order valence-corrected chi connectivity index (χ3v) is 2.43. The molecule has 0 aromatic carbocycles. The van der Waals surface area contributed by atoms with E-state index >= 15 is 0 Å². The molecule has 0 fully saturated rings. The standard InChI is InChI=1S/C13H26O3/c1-4-9-12(3)16-11-8-6-7-10-13(14)15-5-2/h12H,4-11H2,1-3H3. The first-order valence-corrected chi connectivity index (χ1v) is 6.47. The minimum Gasteiger partial charge on any atom is -0.466 e. The molecule has 0 aliphatic heterocycles. The fourth-order valence-corrected chi connectivity index (χ4v) is 1.56. The van der Waals surface area contributed by atoms with Crippen LogP contribution in [-0.2, 0) is 14.3 Å². The van der Waals surface area contributed by atoms with Crippen LogP contribution in [0.5, 0.6) is 0 Å². The lowest BCUT2D eigenvalue weighted by molar-refractivity contribution is -0.143. The maximum absolute atomic E-state index is 11.0. The monoisotopic (exact) mass is 230 g/mol. The van der Waals surface area contributed by atoms with Crippen molar-refractivity contribution in [2.45, 2.75) is 65.4 Å². The molecule has 0 heterocycles. The molecule has 0 aromatic heterocycles. The van der Waals surface area contributed by atoms with Gasteiger partial charge in [0.05, 0.1) is 12.7 Å². The van der Waals surface area contributed by atoms with Gasteiger partial charge in [0.2, 0.25) is 0 Å². The number of ether oxygens (including phenoxy) is 2. The highest BCUT2D eigenvalue weighted by atomic mass is 16.5. The summed E-state index contributed by atoms with van der Waals surface area (Å²) in [5, 5.41) is 0. The Hall–Kier alpha value is -0.570. The molecular weight excluding hydrogens is 204 g/mol. The van der Waals surface area contributed by atoms with Crippen molar-refractivity contribution in [3.05, 3.63) is 0 Å². The van der Waals surface area contributed by atoms with E-state index in [2.05, 4.69) is 13.8 Å². The first-order chi connectivity index (χ1) is 7.70. The van der Waals surface area contributed by atoms with Crippen molar-refractivity contribution < 1.29 is 14.3 Å². The van der Waals surface area contributed by atoms with Gasteiger partial charge in [0, 0.05) is 13.0 Å². The molecule has 0 N–H and O–H groups in total. The number of hydrogen-bond acceptors (Lipinski definition) is 3. The van der Waals surface area contributed by atoms with Gasteiger partial charge in [0.25, 0.3) is 0 Å². The number of rotatable bonds is 10. The van der Waals surface area contributed by atoms with E-state index in [1.807, 2.05) is 6.92 Å². The lowest BCUT2D eigenvalue weighted by Crippen LogP contribution is -2.09. The van der Waals surface area contributed by atoms with E-state index in [1.54, 1.807) is 0 Å². The zero-order valence-corrected chi connectivity index (χ0v) is 11.0. The molecule has 0 radical (unpaired) electrons. The molecule has 0 aromatic rings. The zero-order valence-electron chi connectivity index (χ0n) is 11.0. The van der Waals surface area contributed by atoms with Crippen LogP contribution in [-0.4, -0.2) is 25.3 Å². The summed E-state index contributed by atoms with van der Waals surface area (Å²) in [5.74, 6) is -0.0808. The zero-order chi connectivity index (χ0) is 12.2. The maximum atomic E-state index is 11.0. The minimum absolute atomic E-state index is 0.0808. The summed E-state index contributed by atoms with van der Waals surface area (Å²) in [6.07, 6.45) is 6.19. The predicted molar refractivity (Wildman–Crippen MR) is 65.4 cm³/mol. The van der Waals surface area contributed by atoms with Gasteiger partial charge in [0.15, 0.2) is 0 Å². The highest BCUT2D eigenvalue weighted by Crippen LogP contribution is 2.05. The number of hydrogen-bond donors (Lipinski definition) is 0. The Morgan fingerprint density at radius 3 is 2.56 bits per heavy atom. The van der Waals surface area contributed by atoms with Crippen molar-refractivity contribution in [2.24, 2.45) is 0 Å². The highest BCUT2D eigenvalue weighted by Gasteiger charge is 2.02. The fraction of sp³-hybridized carbons (Fsp3) is 0.923. The third kappa shape index (κ3) is 9.97. The molecule has 1 unspecified atom stereocenters. The van der Waals surface area contributed by atoms with Gasteiger partial charge in [-0.1, -0.05) is 19.8 Å². The van der Waals surface area contributed by atoms with Crippen molar-refractivity contribution in [1.82, 2.24) is 0 Å². The molecule has 0 bridgehead atoms. The minimum atomic E-state index is -0.0808. The molecule has 0 saturated carbocycles. The quantitative estimate of drug-likeness (QED) is 0.426. The van der Waals surface area contributed by atoms with Crippen LogP contribution >= 0.6 is 0 Å². The van der Waals surface area contributed by atoms with Gasteiger partial charge < -0.3 is 9.47 Å². The summed E-state index contributed by atoms with van der Waals surface area (Å²) in [7, 11) is 0. The second kappa shape index (κ2) is 10.9. The second-order valence-corrected chi connectivity index (χ2v) is 4.09. The van der Waals surface area contributed by atoms with Gasteiger partial charge in [-0.25, -0.2) is 0 Å². The Morgan fingerprint density at radius 2 is 1.94 bits per heavy atom. The summed E-state index contributed by atoms with van der Waals surface area (Å²) in [4.78, 5) is 11.0. The Labute approximate surface area is 99.5 Å². The van der Waals surface area contributed by atoms with Crippen LogP contribution in [0.2, 0.25) is 0 Å². The molecule has 0 saturated heterocycles. The van der Waals surface area contributed by atoms with Crippen LogP contribution in [0, 0.1) is 0 Å². The lowest BCUT2D eigenvalue weighted by atomic mass is 10.2. The topological polar surface area (TPSA) is 35.5 Å². The number of carbonyl (C=O) groups is 1. The molecule has 0 rings (SSSR count). The van der Waals surface area contributed by atoms with Gasteiger partial charge in [-0.3, -0.25) is 4.79 Å². The van der Waals surface area contributed by atoms with Crippen LogP contribution in [0.4, 0.5) is 0 Å². The number of carbonyl (C=O) groups excluding carboxylic acids is 1. The van der Waals surface area contributed by atoms with Crippen molar-refractivity contribution in [2.75, 3.05) is 13.2 Å². The predicted octanol–water partition coefficient (Wildman–Crippen LogP) is 3.32. The molecule has 1 atom stereocenters. The molecule has 3 nitrogen and oxygen atoms in total. The third-order valence-electron chi connectivity index (χ3n) is 2.43. The van der Waals surface area contributed by atoms with Crippen LogP contribution in [0.1, 0.15) is 59.3 Å². The van der Waals surface area contributed by atoms with E-state index < -0.39 is 0 Å². The van der Waals surface area contributed by atoms with Crippen molar-refractivity contribution in [3.63, 3.8) is 0 Å². The van der Waals surface area contributed by atoms with Crippen molar-refractivity contribution in [3.8, 4) is 0 Å². The molecule has 3 heteroatoms. The molecule has 96 valence electrons. The summed E-state index contributed by atoms with van der Waals surface area (Å²) in [5.41, 5.74) is 0. The molecule has 16 heavy (non-hydrogen) atoms. The van der Waals surface area contributed by atoms with Crippen LogP contribution in [0.15, 0.2) is 0 Å². The smallest absolute Gasteiger partial charge is 0.305 e. The van der Waals surface area contributed by atoms with E-state index in [9.17, 15) is 4.79 Å². The molecular formula is C13H26O3. The van der Waals surface area contributed by atoms with E-state index in [1.165, 1.54) is 6.42 Å². The Balaban J connectivity index is 3.18. The van der Waals surface area contributed by atoms with E-state index in [4.69, 9.17) is 9.47 Å². The van der Waals surface area contributed by atoms with Crippen LogP contribution in [0.3, 0.4) is 0 Å². The molecule has 0 aliphatic rings. The van der Waals surface area contributed by atoms with Gasteiger partial charge in [0.1, 0.15) is 0 Å². The van der Waals surface area contributed by atoms with Crippen molar-refractivity contribution in [1.29, 1.82) is 0 Å².